The maximum Gasteiger partial charge on any atom is 0.248 e. The summed E-state index contributed by atoms with van der Waals surface area (Å²) < 4.78 is 27.4. The Morgan fingerprint density at radius 2 is 1.86 bits per heavy atom. The van der Waals surface area contributed by atoms with Crippen LogP contribution in [0.2, 0.25) is 0 Å². The van der Waals surface area contributed by atoms with E-state index >= 15 is 0 Å². The molecule has 1 saturated heterocycles. The average Bonchev–Trinajstić information content (AvgIpc) is 3.06. The van der Waals surface area contributed by atoms with Gasteiger partial charge in [0.15, 0.2) is 0 Å². The first-order valence-corrected chi connectivity index (χ1v) is 15.4. The lowest BCUT2D eigenvalue weighted by Crippen LogP contribution is -2.43. The molecule has 43 heavy (non-hydrogen) atoms. The number of methoxy groups -OCH3 is 2. The molecule has 2 aromatic carbocycles. The standard InChI is InChI=1S/C20H32N2O4.C13H19NO3/c1-4-22(2)20(23)15-26-19-14-21-11-10-18(19)16-6-8-17(9-7-16)25-13-5-12-24-3;1-16-7-2-5-14-6-8-17-13-4-3-11(10-15)9-12(13)14/h6-9,18-19,21H,4-5,10-15H2,1-3H3;3-4,9,15H,2,5-8,10H2,1H3/t18?,19-;/m1./s1. The summed E-state index contributed by atoms with van der Waals surface area (Å²) in [4.78, 5) is 16.0. The third-order valence-electron chi connectivity index (χ3n) is 7.76. The van der Waals surface area contributed by atoms with Gasteiger partial charge in [-0.2, -0.15) is 0 Å². The molecule has 10 nitrogen and oxygen atoms in total. The number of aliphatic hydroxyl groups excluding tert-OH is 1. The van der Waals surface area contributed by atoms with Crippen molar-refractivity contribution in [3.63, 3.8) is 0 Å². The average molecular weight is 602 g/mol. The van der Waals surface area contributed by atoms with E-state index in [0.717, 1.165) is 81.4 Å². The smallest absolute Gasteiger partial charge is 0.248 e. The van der Waals surface area contributed by atoms with E-state index in [-0.39, 0.29) is 25.2 Å². The number of rotatable bonds is 15. The van der Waals surface area contributed by atoms with Crippen LogP contribution in [-0.2, 0) is 25.6 Å². The summed E-state index contributed by atoms with van der Waals surface area (Å²) in [5, 5.41) is 12.5. The molecular formula is C33H51N3O7. The monoisotopic (exact) mass is 601 g/mol. The van der Waals surface area contributed by atoms with Crippen LogP contribution in [0.3, 0.4) is 0 Å². The van der Waals surface area contributed by atoms with Gasteiger partial charge in [0.25, 0.3) is 0 Å². The van der Waals surface area contributed by atoms with Crippen molar-refractivity contribution in [2.45, 2.75) is 44.8 Å². The largest absolute Gasteiger partial charge is 0.494 e. The Morgan fingerprint density at radius 3 is 2.58 bits per heavy atom. The molecule has 0 bridgehead atoms. The van der Waals surface area contributed by atoms with Gasteiger partial charge in [-0.05, 0) is 61.7 Å². The normalized spacial score (nSPS) is 17.7. The van der Waals surface area contributed by atoms with E-state index < -0.39 is 0 Å². The van der Waals surface area contributed by atoms with Gasteiger partial charge in [0.1, 0.15) is 24.7 Å². The number of hydrogen-bond acceptors (Lipinski definition) is 9. The first-order chi connectivity index (χ1) is 21.0. The highest BCUT2D eigenvalue weighted by molar-refractivity contribution is 5.77. The second-order valence-corrected chi connectivity index (χ2v) is 10.8. The molecule has 1 fully saturated rings. The lowest BCUT2D eigenvalue weighted by atomic mass is 9.88. The van der Waals surface area contributed by atoms with Crippen LogP contribution in [0, 0.1) is 0 Å². The molecule has 2 aliphatic heterocycles. The third kappa shape index (κ3) is 11.3. The molecule has 0 aromatic heterocycles. The van der Waals surface area contributed by atoms with Crippen molar-refractivity contribution in [1.82, 2.24) is 10.2 Å². The number of hydrogen-bond donors (Lipinski definition) is 2. The van der Waals surface area contributed by atoms with Crippen LogP contribution in [0.25, 0.3) is 0 Å². The van der Waals surface area contributed by atoms with Crippen LogP contribution >= 0.6 is 0 Å². The van der Waals surface area contributed by atoms with Gasteiger partial charge in [0, 0.05) is 66.5 Å². The minimum atomic E-state index is 0.00595. The van der Waals surface area contributed by atoms with Crippen molar-refractivity contribution in [1.29, 1.82) is 0 Å². The molecule has 1 unspecified atom stereocenters. The van der Waals surface area contributed by atoms with Gasteiger partial charge in [0.2, 0.25) is 5.91 Å². The quantitative estimate of drug-likeness (QED) is 0.297. The predicted octanol–water partition coefficient (Wildman–Crippen LogP) is 3.46. The van der Waals surface area contributed by atoms with Gasteiger partial charge >= 0.3 is 0 Å². The molecule has 4 rings (SSSR count). The second kappa shape index (κ2) is 19.4. The zero-order valence-electron chi connectivity index (χ0n) is 26.4. The lowest BCUT2D eigenvalue weighted by Gasteiger charge is -2.32. The first kappa shape index (κ1) is 34.6. The Morgan fingerprint density at radius 1 is 1.09 bits per heavy atom. The Balaban J connectivity index is 0.000000257. The van der Waals surface area contributed by atoms with Crippen LogP contribution < -0.4 is 19.7 Å². The third-order valence-corrected chi connectivity index (χ3v) is 7.76. The number of piperidine rings is 1. The van der Waals surface area contributed by atoms with Crippen molar-refractivity contribution in [3.05, 3.63) is 53.6 Å². The lowest BCUT2D eigenvalue weighted by molar-refractivity contribution is -0.137. The Bertz CT molecular complexity index is 1070. The summed E-state index contributed by atoms with van der Waals surface area (Å²) in [7, 11) is 5.21. The summed E-state index contributed by atoms with van der Waals surface area (Å²) in [6, 6.07) is 14.1. The number of aliphatic hydroxyl groups is 1. The molecule has 240 valence electrons. The number of carbonyl (C=O) groups is 1. The maximum absolute atomic E-state index is 12.0. The molecule has 2 atom stereocenters. The summed E-state index contributed by atoms with van der Waals surface area (Å²) in [5.41, 5.74) is 3.24. The van der Waals surface area contributed by atoms with E-state index in [1.807, 2.05) is 37.3 Å². The fraction of sp³-hybridized carbons (Fsp3) is 0.606. The SMILES string of the molecule is CCN(C)C(=O)CO[C@@H]1CNCCC1c1ccc(OCCCOC)cc1.COCCCN1CCOc2ccc(CO)cc21. The molecular weight excluding hydrogens is 550 g/mol. The van der Waals surface area contributed by atoms with E-state index in [4.69, 9.17) is 28.8 Å². The number of benzene rings is 2. The van der Waals surface area contributed by atoms with Crippen molar-refractivity contribution < 1.29 is 33.6 Å². The molecule has 2 aromatic rings. The number of fused-ring (bicyclic) bond motifs is 1. The van der Waals surface area contributed by atoms with E-state index in [1.165, 1.54) is 5.56 Å². The molecule has 2 aliphatic rings. The van der Waals surface area contributed by atoms with Crippen molar-refractivity contribution in [2.24, 2.45) is 0 Å². The van der Waals surface area contributed by atoms with Crippen LogP contribution in [0.4, 0.5) is 5.69 Å². The number of ether oxygens (including phenoxy) is 5. The van der Waals surface area contributed by atoms with Crippen molar-refractivity contribution in [3.8, 4) is 11.5 Å². The summed E-state index contributed by atoms with van der Waals surface area (Å²) in [6.07, 6.45) is 2.88. The molecule has 0 saturated carbocycles. The van der Waals surface area contributed by atoms with E-state index in [2.05, 4.69) is 22.3 Å². The number of likely N-dealkylation sites (N-methyl/N-ethyl adjacent to an activating group) is 1. The fourth-order valence-corrected chi connectivity index (χ4v) is 5.10. The van der Waals surface area contributed by atoms with Gasteiger partial charge in [-0.15, -0.1) is 0 Å². The van der Waals surface area contributed by atoms with Crippen LogP contribution in [-0.4, -0.2) is 109 Å². The molecule has 0 radical (unpaired) electrons. The fourth-order valence-electron chi connectivity index (χ4n) is 5.10. The first-order valence-electron chi connectivity index (χ1n) is 15.4. The molecule has 1 amide bonds. The van der Waals surface area contributed by atoms with Crippen molar-refractivity contribution in [2.75, 3.05) is 91.9 Å². The highest BCUT2D eigenvalue weighted by Gasteiger charge is 2.28. The number of carbonyl (C=O) groups excluding carboxylic acids is 1. The van der Waals surface area contributed by atoms with Gasteiger partial charge in [-0.1, -0.05) is 18.2 Å². The predicted molar refractivity (Wildman–Crippen MR) is 168 cm³/mol. The molecule has 2 N–H and O–H groups in total. The Hall–Kier alpha value is -2.89. The summed E-state index contributed by atoms with van der Waals surface area (Å²) in [6.45, 7) is 9.29. The van der Waals surface area contributed by atoms with Gasteiger partial charge in [0.05, 0.1) is 31.5 Å². The Kier molecular flexibility index (Phi) is 15.6. The van der Waals surface area contributed by atoms with Crippen LogP contribution in [0.1, 0.15) is 43.2 Å². The Labute approximate surface area is 257 Å². The molecule has 10 heteroatoms. The maximum atomic E-state index is 12.0. The zero-order valence-corrected chi connectivity index (χ0v) is 26.4. The number of amides is 1. The highest BCUT2D eigenvalue weighted by atomic mass is 16.5. The molecule has 0 spiro atoms. The van der Waals surface area contributed by atoms with Gasteiger partial charge in [-0.25, -0.2) is 0 Å². The van der Waals surface area contributed by atoms with E-state index in [0.29, 0.717) is 25.7 Å². The van der Waals surface area contributed by atoms with Crippen LogP contribution in [0.5, 0.6) is 11.5 Å². The molecule has 0 aliphatic carbocycles. The summed E-state index contributed by atoms with van der Waals surface area (Å²) >= 11 is 0. The second-order valence-electron chi connectivity index (χ2n) is 10.8. The van der Waals surface area contributed by atoms with Crippen molar-refractivity contribution >= 4 is 11.6 Å². The number of nitrogens with one attached hydrogen (secondary N) is 1. The van der Waals surface area contributed by atoms with Gasteiger partial charge < -0.3 is 43.9 Å². The summed E-state index contributed by atoms with van der Waals surface area (Å²) in [5.74, 6) is 2.09. The molecule has 2 heterocycles. The van der Waals surface area contributed by atoms with E-state index in [1.54, 1.807) is 26.2 Å². The highest BCUT2D eigenvalue weighted by Crippen LogP contribution is 2.32. The minimum absolute atomic E-state index is 0.00595. The van der Waals surface area contributed by atoms with Gasteiger partial charge in [-0.3, -0.25) is 4.79 Å². The zero-order chi connectivity index (χ0) is 30.9. The number of nitrogens with zero attached hydrogens (tertiary/aromatic N) is 2. The van der Waals surface area contributed by atoms with Crippen LogP contribution in [0.15, 0.2) is 42.5 Å². The van der Waals surface area contributed by atoms with E-state index in [9.17, 15) is 4.79 Å². The topological polar surface area (TPSA) is 102 Å². The number of anilines is 1. The minimum Gasteiger partial charge on any atom is -0.494 e.